The van der Waals surface area contributed by atoms with E-state index in [2.05, 4.69) is 51.8 Å². The molecule has 0 aromatic heterocycles. The first kappa shape index (κ1) is 19.7. The minimum absolute atomic E-state index is 0.183. The Morgan fingerprint density at radius 3 is 2.48 bits per heavy atom. The van der Waals surface area contributed by atoms with Crippen LogP contribution in [0.15, 0.2) is 72.1 Å². The van der Waals surface area contributed by atoms with E-state index in [-0.39, 0.29) is 5.91 Å². The highest BCUT2D eigenvalue weighted by molar-refractivity contribution is 7.97. The van der Waals surface area contributed by atoms with Gasteiger partial charge in [0.15, 0.2) is 0 Å². The van der Waals surface area contributed by atoms with Crippen molar-refractivity contribution in [3.8, 4) is 0 Å². The van der Waals surface area contributed by atoms with Crippen LogP contribution >= 0.6 is 11.9 Å². The summed E-state index contributed by atoms with van der Waals surface area (Å²) in [6.07, 6.45) is 4.72. The van der Waals surface area contributed by atoms with E-state index >= 15 is 0 Å². The highest BCUT2D eigenvalue weighted by atomic mass is 32.2. The van der Waals surface area contributed by atoms with Crippen molar-refractivity contribution in [3.05, 3.63) is 72.8 Å². The fourth-order valence-electron chi connectivity index (χ4n) is 3.16. The summed E-state index contributed by atoms with van der Waals surface area (Å²) in [7, 11) is 0. The molecule has 1 saturated heterocycles. The van der Waals surface area contributed by atoms with Crippen LogP contribution in [0, 0.1) is 0 Å². The number of hydrogen-bond donors (Lipinski definition) is 2. The number of benzene rings is 2. The molecule has 3 rings (SSSR count). The van der Waals surface area contributed by atoms with Crippen LogP contribution in [0.1, 0.15) is 18.4 Å². The minimum atomic E-state index is -0.183. The Morgan fingerprint density at radius 2 is 1.81 bits per heavy atom. The summed E-state index contributed by atoms with van der Waals surface area (Å²) in [6, 6.07) is 19.2. The lowest BCUT2D eigenvalue weighted by molar-refractivity contribution is -0.111. The van der Waals surface area contributed by atoms with E-state index in [9.17, 15) is 4.79 Å². The maximum Gasteiger partial charge on any atom is 0.247 e. The SMILES string of the molecule is C=CC(=O)Nc1ccc(SN2CCC(NCCc3ccccc3)CC2)cc1. The number of rotatable bonds is 8. The van der Waals surface area contributed by atoms with Gasteiger partial charge in [-0.15, -0.1) is 0 Å². The molecule has 2 N–H and O–H groups in total. The molecule has 142 valence electrons. The van der Waals surface area contributed by atoms with Gasteiger partial charge in [0.05, 0.1) is 0 Å². The molecule has 0 atom stereocenters. The molecule has 0 radical (unpaired) electrons. The summed E-state index contributed by atoms with van der Waals surface area (Å²) in [4.78, 5) is 12.5. The molecule has 0 bridgehead atoms. The molecular formula is C22H27N3OS. The van der Waals surface area contributed by atoms with Gasteiger partial charge in [0.1, 0.15) is 0 Å². The Bertz CT molecular complexity index is 725. The average Bonchev–Trinajstić information content (AvgIpc) is 2.71. The molecular weight excluding hydrogens is 354 g/mol. The van der Waals surface area contributed by atoms with Crippen molar-refractivity contribution in [1.82, 2.24) is 9.62 Å². The number of nitrogens with one attached hydrogen (secondary N) is 2. The highest BCUT2D eigenvalue weighted by Gasteiger charge is 2.19. The summed E-state index contributed by atoms with van der Waals surface area (Å²) < 4.78 is 2.42. The Kier molecular flexibility index (Phi) is 7.51. The van der Waals surface area contributed by atoms with E-state index < -0.39 is 0 Å². The van der Waals surface area contributed by atoms with Crippen molar-refractivity contribution in [3.63, 3.8) is 0 Å². The molecule has 0 unspecified atom stereocenters. The maximum absolute atomic E-state index is 11.3. The van der Waals surface area contributed by atoms with Crippen LogP contribution in [0.3, 0.4) is 0 Å². The first-order valence-electron chi connectivity index (χ1n) is 9.46. The van der Waals surface area contributed by atoms with Crippen molar-refractivity contribution in [2.24, 2.45) is 0 Å². The monoisotopic (exact) mass is 381 g/mol. The third kappa shape index (κ3) is 6.54. The van der Waals surface area contributed by atoms with Crippen molar-refractivity contribution in [1.29, 1.82) is 0 Å². The number of amides is 1. The van der Waals surface area contributed by atoms with Gasteiger partial charge in [0, 0.05) is 29.7 Å². The van der Waals surface area contributed by atoms with Gasteiger partial charge >= 0.3 is 0 Å². The zero-order chi connectivity index (χ0) is 18.9. The second-order valence-corrected chi connectivity index (χ2v) is 7.87. The lowest BCUT2D eigenvalue weighted by Gasteiger charge is -2.31. The van der Waals surface area contributed by atoms with Gasteiger partial charge in [-0.05, 0) is 73.7 Å². The predicted molar refractivity (Wildman–Crippen MR) is 114 cm³/mol. The van der Waals surface area contributed by atoms with Crippen molar-refractivity contribution >= 4 is 23.5 Å². The molecule has 27 heavy (non-hydrogen) atoms. The van der Waals surface area contributed by atoms with Gasteiger partial charge in [-0.1, -0.05) is 36.9 Å². The van der Waals surface area contributed by atoms with Gasteiger partial charge < -0.3 is 10.6 Å². The Labute approximate surface area is 166 Å². The molecule has 2 aromatic rings. The lowest BCUT2D eigenvalue weighted by atomic mass is 10.1. The number of anilines is 1. The van der Waals surface area contributed by atoms with Crippen LogP contribution in [0.2, 0.25) is 0 Å². The van der Waals surface area contributed by atoms with Crippen LogP contribution in [-0.2, 0) is 11.2 Å². The summed E-state index contributed by atoms with van der Waals surface area (Å²) in [5.41, 5.74) is 2.19. The third-order valence-corrected chi connectivity index (χ3v) is 5.79. The molecule has 1 heterocycles. The molecule has 4 nitrogen and oxygen atoms in total. The number of piperidine rings is 1. The normalized spacial score (nSPS) is 15.4. The second kappa shape index (κ2) is 10.3. The van der Waals surface area contributed by atoms with Gasteiger partial charge in [0.25, 0.3) is 0 Å². The summed E-state index contributed by atoms with van der Waals surface area (Å²) in [5.74, 6) is -0.183. The standard InChI is InChI=1S/C22H27N3OS/c1-2-22(26)24-20-8-10-21(11-9-20)27-25-16-13-19(14-17-25)23-15-12-18-6-4-3-5-7-18/h2-11,19,23H,1,12-17H2,(H,24,26). The zero-order valence-electron chi connectivity index (χ0n) is 15.6. The van der Waals surface area contributed by atoms with Crippen molar-refractivity contribution < 1.29 is 4.79 Å². The number of carbonyl (C=O) groups excluding carboxylic acids is 1. The second-order valence-electron chi connectivity index (χ2n) is 6.70. The molecule has 1 aliphatic rings. The van der Waals surface area contributed by atoms with Gasteiger partial charge in [0.2, 0.25) is 5.91 Å². The van der Waals surface area contributed by atoms with E-state index in [1.54, 1.807) is 11.9 Å². The van der Waals surface area contributed by atoms with Crippen molar-refractivity contribution in [2.45, 2.75) is 30.2 Å². The van der Waals surface area contributed by atoms with Crippen LogP contribution in [0.25, 0.3) is 0 Å². The quantitative estimate of drug-likeness (QED) is 0.533. The van der Waals surface area contributed by atoms with E-state index in [1.165, 1.54) is 29.4 Å². The van der Waals surface area contributed by atoms with Crippen LogP contribution in [0.4, 0.5) is 5.69 Å². The van der Waals surface area contributed by atoms with Crippen LogP contribution < -0.4 is 10.6 Å². The van der Waals surface area contributed by atoms with Gasteiger partial charge in [-0.2, -0.15) is 0 Å². The first-order chi connectivity index (χ1) is 13.2. The molecule has 1 fully saturated rings. The Morgan fingerprint density at radius 1 is 1.11 bits per heavy atom. The maximum atomic E-state index is 11.3. The third-order valence-electron chi connectivity index (χ3n) is 4.69. The number of carbonyl (C=O) groups is 1. The lowest BCUT2D eigenvalue weighted by Crippen LogP contribution is -2.40. The molecule has 5 heteroatoms. The summed E-state index contributed by atoms with van der Waals surface area (Å²) >= 11 is 1.79. The number of nitrogens with zero attached hydrogens (tertiary/aromatic N) is 1. The summed E-state index contributed by atoms with van der Waals surface area (Å²) in [6.45, 7) is 6.68. The number of hydrogen-bond acceptors (Lipinski definition) is 4. The molecule has 0 spiro atoms. The molecule has 0 saturated carbocycles. The highest BCUT2D eigenvalue weighted by Crippen LogP contribution is 2.27. The smallest absolute Gasteiger partial charge is 0.247 e. The van der Waals surface area contributed by atoms with Crippen LogP contribution in [0.5, 0.6) is 0 Å². The Hall–Kier alpha value is -2.08. The van der Waals surface area contributed by atoms with E-state index in [0.717, 1.165) is 31.7 Å². The average molecular weight is 382 g/mol. The predicted octanol–water partition coefficient (Wildman–Crippen LogP) is 4.11. The van der Waals surface area contributed by atoms with Gasteiger partial charge in [-0.25, -0.2) is 4.31 Å². The molecule has 0 aliphatic carbocycles. The largest absolute Gasteiger partial charge is 0.323 e. The van der Waals surface area contributed by atoms with Gasteiger partial charge in [-0.3, -0.25) is 4.79 Å². The fourth-order valence-corrected chi connectivity index (χ4v) is 4.11. The van der Waals surface area contributed by atoms with E-state index in [4.69, 9.17) is 0 Å². The minimum Gasteiger partial charge on any atom is -0.323 e. The summed E-state index contributed by atoms with van der Waals surface area (Å²) in [5, 5.41) is 6.47. The fraction of sp³-hybridized carbons (Fsp3) is 0.318. The van der Waals surface area contributed by atoms with E-state index in [1.807, 2.05) is 24.3 Å². The zero-order valence-corrected chi connectivity index (χ0v) is 16.4. The molecule has 1 aliphatic heterocycles. The van der Waals surface area contributed by atoms with E-state index in [0.29, 0.717) is 6.04 Å². The molecule has 2 aromatic carbocycles. The van der Waals surface area contributed by atoms with Crippen molar-refractivity contribution in [2.75, 3.05) is 25.0 Å². The first-order valence-corrected chi connectivity index (χ1v) is 10.2. The molecule has 1 amide bonds. The topological polar surface area (TPSA) is 44.4 Å². The Balaban J connectivity index is 1.36. The van der Waals surface area contributed by atoms with Crippen LogP contribution in [-0.4, -0.2) is 35.9 Å².